The molecule has 1 atom stereocenters. The van der Waals surface area contributed by atoms with Gasteiger partial charge in [-0.25, -0.2) is 4.39 Å². The van der Waals surface area contributed by atoms with Crippen LogP contribution in [-0.4, -0.2) is 25.4 Å². The fourth-order valence-electron chi connectivity index (χ4n) is 1.84. The van der Waals surface area contributed by atoms with Gasteiger partial charge in [0.2, 0.25) is 0 Å². The Balaban J connectivity index is 1.78. The summed E-state index contributed by atoms with van der Waals surface area (Å²) in [5, 5.41) is 11.6. The molecule has 1 aliphatic carbocycles. The summed E-state index contributed by atoms with van der Waals surface area (Å²) in [5.74, 6) is -0.0391. The van der Waals surface area contributed by atoms with Gasteiger partial charge >= 0.3 is 0 Å². The van der Waals surface area contributed by atoms with Crippen molar-refractivity contribution in [1.82, 2.24) is 0 Å². The molecule has 0 bridgehead atoms. The minimum Gasteiger partial charge on any atom is -0.487 e. The second-order valence-corrected chi connectivity index (χ2v) is 4.88. The molecule has 1 aromatic rings. The third kappa shape index (κ3) is 4.10. The molecule has 0 heterocycles. The SMILES string of the molecule is CC(C#N)OCCNc1ccc(OC2CCC2)c(F)c1. The molecule has 2 rings (SSSR count). The summed E-state index contributed by atoms with van der Waals surface area (Å²) in [6.45, 7) is 2.61. The zero-order valence-corrected chi connectivity index (χ0v) is 11.6. The van der Waals surface area contributed by atoms with Gasteiger partial charge in [-0.05, 0) is 38.3 Å². The topological polar surface area (TPSA) is 54.3 Å². The van der Waals surface area contributed by atoms with Crippen molar-refractivity contribution < 1.29 is 13.9 Å². The number of nitrogens with zero attached hydrogens (tertiary/aromatic N) is 1. The first kappa shape index (κ1) is 14.6. The van der Waals surface area contributed by atoms with Crippen molar-refractivity contribution in [2.45, 2.75) is 38.4 Å². The van der Waals surface area contributed by atoms with Crippen LogP contribution in [0.4, 0.5) is 10.1 Å². The summed E-state index contributed by atoms with van der Waals surface area (Å²) in [7, 11) is 0. The maximum atomic E-state index is 13.8. The van der Waals surface area contributed by atoms with Crippen molar-refractivity contribution in [3.63, 3.8) is 0 Å². The fraction of sp³-hybridized carbons (Fsp3) is 0.533. The lowest BCUT2D eigenvalue weighted by atomic mass is 9.96. The first-order valence-corrected chi connectivity index (χ1v) is 6.90. The highest BCUT2D eigenvalue weighted by atomic mass is 19.1. The normalized spacial score (nSPS) is 16.1. The highest BCUT2D eigenvalue weighted by molar-refractivity contribution is 5.47. The molecule has 0 aromatic heterocycles. The fourth-order valence-corrected chi connectivity index (χ4v) is 1.84. The van der Waals surface area contributed by atoms with Crippen LogP contribution in [0.25, 0.3) is 0 Å². The molecule has 20 heavy (non-hydrogen) atoms. The molecular weight excluding hydrogens is 259 g/mol. The standard InChI is InChI=1S/C15H19FN2O2/c1-11(10-17)19-8-7-18-12-5-6-15(14(16)9-12)20-13-3-2-4-13/h5-6,9,11,13,18H,2-4,7-8H2,1H3. The van der Waals surface area contributed by atoms with Gasteiger partial charge in [0.1, 0.15) is 6.10 Å². The maximum Gasteiger partial charge on any atom is 0.167 e. The van der Waals surface area contributed by atoms with E-state index in [2.05, 4.69) is 5.32 Å². The number of ether oxygens (including phenoxy) is 2. The van der Waals surface area contributed by atoms with E-state index in [9.17, 15) is 4.39 Å². The Morgan fingerprint density at radius 1 is 1.50 bits per heavy atom. The van der Waals surface area contributed by atoms with E-state index >= 15 is 0 Å². The lowest BCUT2D eigenvalue weighted by Gasteiger charge is -2.26. The van der Waals surface area contributed by atoms with Crippen molar-refractivity contribution in [1.29, 1.82) is 5.26 Å². The first-order valence-electron chi connectivity index (χ1n) is 6.90. The quantitative estimate of drug-likeness (QED) is 0.779. The number of nitriles is 1. The van der Waals surface area contributed by atoms with Crippen molar-refractivity contribution >= 4 is 5.69 Å². The van der Waals surface area contributed by atoms with Crippen LogP contribution < -0.4 is 10.1 Å². The average molecular weight is 278 g/mol. The van der Waals surface area contributed by atoms with E-state index in [0.717, 1.165) is 19.3 Å². The van der Waals surface area contributed by atoms with Crippen LogP contribution in [0.1, 0.15) is 26.2 Å². The Bertz CT molecular complexity index is 483. The lowest BCUT2D eigenvalue weighted by molar-refractivity contribution is 0.111. The minimum absolute atomic E-state index is 0.171. The molecule has 1 aliphatic rings. The highest BCUT2D eigenvalue weighted by Gasteiger charge is 2.20. The summed E-state index contributed by atoms with van der Waals surface area (Å²) < 4.78 is 24.6. The average Bonchev–Trinajstić information content (AvgIpc) is 2.40. The van der Waals surface area contributed by atoms with Gasteiger partial charge < -0.3 is 14.8 Å². The van der Waals surface area contributed by atoms with Gasteiger partial charge in [0, 0.05) is 18.3 Å². The number of hydrogen-bond donors (Lipinski definition) is 1. The molecule has 4 nitrogen and oxygen atoms in total. The van der Waals surface area contributed by atoms with Gasteiger partial charge in [0.15, 0.2) is 11.6 Å². The minimum atomic E-state index is -0.424. The molecule has 1 saturated carbocycles. The Hall–Kier alpha value is -1.80. The number of anilines is 1. The maximum absolute atomic E-state index is 13.8. The van der Waals surface area contributed by atoms with E-state index in [1.807, 2.05) is 6.07 Å². The van der Waals surface area contributed by atoms with Crippen LogP contribution in [0.2, 0.25) is 0 Å². The van der Waals surface area contributed by atoms with E-state index < -0.39 is 6.10 Å². The smallest absolute Gasteiger partial charge is 0.167 e. The van der Waals surface area contributed by atoms with Crippen LogP contribution in [0.3, 0.4) is 0 Å². The van der Waals surface area contributed by atoms with E-state index in [1.54, 1.807) is 19.1 Å². The number of benzene rings is 1. The Kier molecular flexibility index (Phi) is 5.19. The van der Waals surface area contributed by atoms with Gasteiger partial charge in [-0.15, -0.1) is 0 Å². The zero-order valence-electron chi connectivity index (χ0n) is 11.6. The molecule has 0 radical (unpaired) electrons. The van der Waals surface area contributed by atoms with Gasteiger partial charge in [0.05, 0.1) is 18.8 Å². The molecule has 1 unspecified atom stereocenters. The van der Waals surface area contributed by atoms with Crippen molar-refractivity contribution in [3.05, 3.63) is 24.0 Å². The summed E-state index contributed by atoms with van der Waals surface area (Å²) in [6.07, 6.45) is 2.92. The van der Waals surface area contributed by atoms with E-state index in [4.69, 9.17) is 14.7 Å². The van der Waals surface area contributed by atoms with Crippen molar-refractivity contribution in [2.75, 3.05) is 18.5 Å². The van der Waals surface area contributed by atoms with Crippen LogP contribution in [0.15, 0.2) is 18.2 Å². The van der Waals surface area contributed by atoms with E-state index in [0.29, 0.717) is 24.6 Å². The molecule has 108 valence electrons. The molecular formula is C15H19FN2O2. The Morgan fingerprint density at radius 3 is 2.90 bits per heavy atom. The number of rotatable bonds is 7. The summed E-state index contributed by atoms with van der Waals surface area (Å²) >= 11 is 0. The molecule has 1 N–H and O–H groups in total. The van der Waals surface area contributed by atoms with E-state index in [-0.39, 0.29) is 11.9 Å². The van der Waals surface area contributed by atoms with Crippen LogP contribution in [-0.2, 0) is 4.74 Å². The van der Waals surface area contributed by atoms with Gasteiger partial charge in [-0.1, -0.05) is 0 Å². The summed E-state index contributed by atoms with van der Waals surface area (Å²) in [5.41, 5.74) is 0.677. The molecule has 0 aliphatic heterocycles. The predicted octanol–water partition coefficient (Wildman–Crippen LogP) is 3.10. The van der Waals surface area contributed by atoms with Crippen molar-refractivity contribution in [2.24, 2.45) is 0 Å². The van der Waals surface area contributed by atoms with E-state index in [1.165, 1.54) is 6.07 Å². The third-order valence-corrected chi connectivity index (χ3v) is 3.26. The summed E-state index contributed by atoms with van der Waals surface area (Å²) in [4.78, 5) is 0. The molecule has 0 amide bonds. The van der Waals surface area contributed by atoms with Gasteiger partial charge in [-0.2, -0.15) is 5.26 Å². The van der Waals surface area contributed by atoms with Crippen LogP contribution >= 0.6 is 0 Å². The number of hydrogen-bond acceptors (Lipinski definition) is 4. The monoisotopic (exact) mass is 278 g/mol. The molecule has 0 spiro atoms. The molecule has 1 aromatic carbocycles. The number of nitrogens with one attached hydrogen (secondary N) is 1. The summed E-state index contributed by atoms with van der Waals surface area (Å²) in [6, 6.07) is 6.83. The predicted molar refractivity (Wildman–Crippen MR) is 74.2 cm³/mol. The number of halogens is 1. The van der Waals surface area contributed by atoms with Gasteiger partial charge in [-0.3, -0.25) is 0 Å². The largest absolute Gasteiger partial charge is 0.487 e. The second kappa shape index (κ2) is 7.11. The van der Waals surface area contributed by atoms with Gasteiger partial charge in [0.25, 0.3) is 0 Å². The zero-order chi connectivity index (χ0) is 14.4. The lowest BCUT2D eigenvalue weighted by Crippen LogP contribution is -2.25. The first-order chi connectivity index (χ1) is 9.69. The highest BCUT2D eigenvalue weighted by Crippen LogP contribution is 2.28. The Labute approximate surface area is 118 Å². The molecule has 5 heteroatoms. The van der Waals surface area contributed by atoms with Crippen molar-refractivity contribution in [3.8, 4) is 11.8 Å². The molecule has 1 fully saturated rings. The third-order valence-electron chi connectivity index (χ3n) is 3.26. The Morgan fingerprint density at radius 2 is 2.30 bits per heavy atom. The van der Waals surface area contributed by atoms with Crippen LogP contribution in [0, 0.1) is 17.1 Å². The van der Waals surface area contributed by atoms with Crippen LogP contribution in [0.5, 0.6) is 5.75 Å². The second-order valence-electron chi connectivity index (χ2n) is 4.88. The molecule has 0 saturated heterocycles.